The number of hydrogen-bond acceptors (Lipinski definition) is 2. The van der Waals surface area contributed by atoms with Gasteiger partial charge in [-0.05, 0) is 42.5 Å². The van der Waals surface area contributed by atoms with Gasteiger partial charge in [0.25, 0.3) is 0 Å². The summed E-state index contributed by atoms with van der Waals surface area (Å²) in [6.45, 7) is 0. The van der Waals surface area contributed by atoms with Crippen LogP contribution in [0.4, 0.5) is 4.39 Å². The van der Waals surface area contributed by atoms with Crippen molar-refractivity contribution >= 4 is 35.0 Å². The fraction of sp³-hybridized carbons (Fsp3) is 0. The van der Waals surface area contributed by atoms with E-state index in [9.17, 15) is 4.39 Å². The first-order chi connectivity index (χ1) is 8.65. The highest BCUT2D eigenvalue weighted by molar-refractivity contribution is 7.71. The van der Waals surface area contributed by atoms with Crippen LogP contribution >= 0.6 is 23.8 Å². The van der Waals surface area contributed by atoms with Gasteiger partial charge in [-0.1, -0.05) is 11.6 Å². The van der Waals surface area contributed by atoms with Crippen LogP contribution in [-0.4, -0.2) is 14.5 Å². The predicted molar refractivity (Wildman–Crippen MR) is 71.2 cm³/mol. The molecule has 3 nitrogen and oxygen atoms in total. The first-order valence-electron chi connectivity index (χ1n) is 5.17. The molecule has 2 aromatic heterocycles. The Morgan fingerprint density at radius 2 is 2.17 bits per heavy atom. The first kappa shape index (κ1) is 11.4. The molecule has 0 aliphatic rings. The van der Waals surface area contributed by atoms with Crippen LogP contribution in [-0.2, 0) is 0 Å². The second-order valence-corrected chi connectivity index (χ2v) is 4.59. The van der Waals surface area contributed by atoms with Crippen molar-refractivity contribution in [2.75, 3.05) is 0 Å². The van der Waals surface area contributed by atoms with Crippen LogP contribution in [0.1, 0.15) is 0 Å². The molecule has 0 bridgehead atoms. The van der Waals surface area contributed by atoms with Crippen molar-refractivity contribution in [2.24, 2.45) is 0 Å². The highest BCUT2D eigenvalue weighted by Gasteiger charge is 2.09. The van der Waals surface area contributed by atoms with Gasteiger partial charge in [0.15, 0.2) is 10.4 Å². The van der Waals surface area contributed by atoms with Crippen LogP contribution in [0.15, 0.2) is 36.5 Å². The van der Waals surface area contributed by atoms with Crippen LogP contribution in [0.25, 0.3) is 16.9 Å². The SMILES string of the molecule is Fc1cc(Cl)cc(-n2c(=S)[nH]c3cccnc32)c1. The molecule has 90 valence electrons. The number of rotatable bonds is 1. The average molecular weight is 280 g/mol. The number of nitrogens with one attached hydrogen (secondary N) is 1. The zero-order valence-corrected chi connectivity index (χ0v) is 10.6. The van der Waals surface area contributed by atoms with E-state index in [4.69, 9.17) is 23.8 Å². The van der Waals surface area contributed by atoms with E-state index in [2.05, 4.69) is 9.97 Å². The Hall–Kier alpha value is -1.72. The molecule has 0 spiro atoms. The van der Waals surface area contributed by atoms with E-state index in [1.54, 1.807) is 22.9 Å². The van der Waals surface area contributed by atoms with E-state index >= 15 is 0 Å². The third-order valence-corrected chi connectivity index (χ3v) is 3.05. The minimum Gasteiger partial charge on any atom is -0.329 e. The molecule has 0 radical (unpaired) electrons. The van der Waals surface area contributed by atoms with Crippen molar-refractivity contribution in [3.63, 3.8) is 0 Å². The van der Waals surface area contributed by atoms with Crippen LogP contribution in [0.5, 0.6) is 0 Å². The lowest BCUT2D eigenvalue weighted by Gasteiger charge is -2.04. The Kier molecular flexibility index (Phi) is 2.65. The molecule has 1 N–H and O–H groups in total. The molecule has 0 aliphatic heterocycles. The van der Waals surface area contributed by atoms with Gasteiger partial charge in [-0.3, -0.25) is 4.57 Å². The minimum absolute atomic E-state index is 0.317. The van der Waals surface area contributed by atoms with E-state index in [-0.39, 0.29) is 0 Å². The molecule has 0 saturated heterocycles. The van der Waals surface area contributed by atoms with Gasteiger partial charge in [0.2, 0.25) is 0 Å². The summed E-state index contributed by atoms with van der Waals surface area (Å²) in [7, 11) is 0. The molecule has 18 heavy (non-hydrogen) atoms. The molecule has 2 heterocycles. The average Bonchev–Trinajstić information content (AvgIpc) is 2.63. The van der Waals surface area contributed by atoms with Gasteiger partial charge < -0.3 is 4.98 Å². The molecule has 0 saturated carbocycles. The molecule has 3 aromatic rings. The highest BCUT2D eigenvalue weighted by atomic mass is 35.5. The smallest absolute Gasteiger partial charge is 0.184 e. The van der Waals surface area contributed by atoms with Gasteiger partial charge in [-0.25, -0.2) is 9.37 Å². The van der Waals surface area contributed by atoms with E-state index in [0.717, 1.165) is 5.52 Å². The number of nitrogens with zero attached hydrogens (tertiary/aromatic N) is 2. The Bertz CT molecular complexity index is 773. The predicted octanol–water partition coefficient (Wildman–Crippen LogP) is 3.88. The molecule has 6 heteroatoms. The molecule has 0 unspecified atom stereocenters. The monoisotopic (exact) mass is 279 g/mol. The number of aromatic amines is 1. The van der Waals surface area contributed by atoms with Crippen molar-refractivity contribution < 1.29 is 4.39 Å². The topological polar surface area (TPSA) is 33.6 Å². The van der Waals surface area contributed by atoms with Gasteiger partial charge in [0, 0.05) is 11.2 Å². The van der Waals surface area contributed by atoms with E-state index in [1.165, 1.54) is 12.1 Å². The quantitative estimate of drug-likeness (QED) is 0.686. The van der Waals surface area contributed by atoms with E-state index < -0.39 is 5.82 Å². The van der Waals surface area contributed by atoms with Crippen LogP contribution in [0.3, 0.4) is 0 Å². The van der Waals surface area contributed by atoms with Crippen molar-refractivity contribution in [1.29, 1.82) is 0 Å². The summed E-state index contributed by atoms with van der Waals surface area (Å²) < 4.78 is 15.5. The summed E-state index contributed by atoms with van der Waals surface area (Å²) in [6, 6.07) is 7.91. The first-order valence-corrected chi connectivity index (χ1v) is 5.96. The van der Waals surface area contributed by atoms with Crippen molar-refractivity contribution in [2.45, 2.75) is 0 Å². The largest absolute Gasteiger partial charge is 0.329 e. The van der Waals surface area contributed by atoms with Gasteiger partial charge in [0.05, 0.1) is 11.2 Å². The van der Waals surface area contributed by atoms with Crippen molar-refractivity contribution in [3.8, 4) is 5.69 Å². The van der Waals surface area contributed by atoms with E-state index in [1.807, 2.05) is 6.07 Å². The standard InChI is InChI=1S/C12H7ClFN3S/c13-7-4-8(14)6-9(5-7)17-11-10(16-12(17)18)2-1-3-15-11/h1-6H,(H,16,18). The Labute approximate surface area is 112 Å². The van der Waals surface area contributed by atoms with Crippen LogP contribution in [0.2, 0.25) is 5.02 Å². The number of hydrogen-bond donors (Lipinski definition) is 1. The van der Waals surface area contributed by atoms with Crippen molar-refractivity contribution in [3.05, 3.63) is 52.1 Å². The molecule has 0 atom stereocenters. The second-order valence-electron chi connectivity index (χ2n) is 3.77. The van der Waals surface area contributed by atoms with E-state index in [0.29, 0.717) is 21.1 Å². The second kappa shape index (κ2) is 4.19. The molecular weight excluding hydrogens is 273 g/mol. The Morgan fingerprint density at radius 1 is 1.33 bits per heavy atom. The molecular formula is C12H7ClFN3S. The number of fused-ring (bicyclic) bond motifs is 1. The zero-order chi connectivity index (χ0) is 12.7. The molecule has 1 aromatic carbocycles. The van der Waals surface area contributed by atoms with Gasteiger partial charge in [-0.15, -0.1) is 0 Å². The number of imidazole rings is 1. The number of benzene rings is 1. The van der Waals surface area contributed by atoms with Gasteiger partial charge in [0.1, 0.15) is 5.82 Å². The normalized spacial score (nSPS) is 11.0. The zero-order valence-electron chi connectivity index (χ0n) is 9.02. The number of aromatic nitrogens is 3. The third-order valence-electron chi connectivity index (χ3n) is 2.55. The van der Waals surface area contributed by atoms with Gasteiger partial charge in [-0.2, -0.15) is 0 Å². The fourth-order valence-corrected chi connectivity index (χ4v) is 2.37. The lowest BCUT2D eigenvalue weighted by Crippen LogP contribution is -1.96. The maximum atomic E-state index is 13.4. The number of pyridine rings is 1. The Morgan fingerprint density at radius 3 is 2.94 bits per heavy atom. The van der Waals surface area contributed by atoms with Crippen LogP contribution in [0, 0.1) is 10.6 Å². The molecule has 0 amide bonds. The third kappa shape index (κ3) is 1.81. The molecule has 3 rings (SSSR count). The lowest BCUT2D eigenvalue weighted by atomic mass is 10.3. The minimum atomic E-state index is -0.412. The summed E-state index contributed by atoms with van der Waals surface area (Å²) in [4.78, 5) is 7.25. The van der Waals surface area contributed by atoms with Crippen molar-refractivity contribution in [1.82, 2.24) is 14.5 Å². The maximum Gasteiger partial charge on any atom is 0.184 e. The summed E-state index contributed by atoms with van der Waals surface area (Å²) in [5.41, 5.74) is 1.99. The maximum absolute atomic E-state index is 13.4. The Balaban J connectivity index is 2.37. The molecule has 0 aliphatic carbocycles. The highest BCUT2D eigenvalue weighted by Crippen LogP contribution is 2.21. The summed E-state index contributed by atoms with van der Waals surface area (Å²) in [6.07, 6.45) is 1.66. The fourth-order valence-electron chi connectivity index (χ4n) is 1.85. The summed E-state index contributed by atoms with van der Waals surface area (Å²) in [5, 5.41) is 0.317. The number of H-pyrrole nitrogens is 1. The number of halogens is 2. The van der Waals surface area contributed by atoms with Gasteiger partial charge >= 0.3 is 0 Å². The molecule has 0 fully saturated rings. The summed E-state index contributed by atoms with van der Waals surface area (Å²) >= 11 is 11.1. The van der Waals surface area contributed by atoms with Crippen LogP contribution < -0.4 is 0 Å². The lowest BCUT2D eigenvalue weighted by molar-refractivity contribution is 0.626. The summed E-state index contributed by atoms with van der Waals surface area (Å²) in [5.74, 6) is -0.412.